The highest BCUT2D eigenvalue weighted by Gasteiger charge is 2.24. The van der Waals surface area contributed by atoms with Crippen LogP contribution in [-0.4, -0.2) is 34.5 Å². The smallest absolute Gasteiger partial charge is 0.408 e. The first-order valence-corrected chi connectivity index (χ1v) is 9.32. The molecule has 1 heterocycles. The molecule has 0 saturated heterocycles. The maximum atomic E-state index is 12.6. The second kappa shape index (κ2) is 10.2. The number of rotatable bonds is 7. The number of hydrogen-bond acceptors (Lipinski definition) is 5. The molecular formula is C21H27N5O3. The highest BCUT2D eigenvalue weighted by Crippen LogP contribution is 2.09. The highest BCUT2D eigenvalue weighted by molar-refractivity contribution is 5.96. The first kappa shape index (κ1) is 21.9. The van der Waals surface area contributed by atoms with Gasteiger partial charge in [0.1, 0.15) is 17.3 Å². The van der Waals surface area contributed by atoms with Crippen LogP contribution in [0.2, 0.25) is 0 Å². The standard InChI is InChI=1S/C21H27N5O3/c1-21(2,3)29-20(28)24-17(13-12-15-9-5-4-6-10-15)19(27)26-25-18(22)16-11-7-8-14-23-16/h4-11,14,17H,12-13H2,1-3H3,(H2,22,25)(H,24,28)(H,26,27)/t17-/m0/s1. The molecule has 0 aliphatic heterocycles. The number of benzene rings is 1. The molecule has 1 atom stereocenters. The van der Waals surface area contributed by atoms with Gasteiger partial charge in [0.15, 0.2) is 5.84 Å². The van der Waals surface area contributed by atoms with Gasteiger partial charge in [-0.2, -0.15) is 5.10 Å². The van der Waals surface area contributed by atoms with Crippen molar-refractivity contribution in [2.24, 2.45) is 10.8 Å². The Morgan fingerprint density at radius 3 is 2.45 bits per heavy atom. The molecule has 29 heavy (non-hydrogen) atoms. The minimum Gasteiger partial charge on any atom is -0.444 e. The van der Waals surface area contributed by atoms with Gasteiger partial charge in [-0.15, -0.1) is 0 Å². The Morgan fingerprint density at radius 2 is 1.83 bits per heavy atom. The predicted octanol–water partition coefficient (Wildman–Crippen LogP) is 2.34. The van der Waals surface area contributed by atoms with Crippen molar-refractivity contribution in [3.05, 3.63) is 66.0 Å². The molecule has 0 fully saturated rings. The van der Waals surface area contributed by atoms with Gasteiger partial charge in [-0.05, 0) is 51.3 Å². The summed E-state index contributed by atoms with van der Waals surface area (Å²) >= 11 is 0. The lowest BCUT2D eigenvalue weighted by Gasteiger charge is -2.23. The second-order valence-electron chi connectivity index (χ2n) is 7.41. The summed E-state index contributed by atoms with van der Waals surface area (Å²) in [6.07, 6.45) is 1.86. The van der Waals surface area contributed by atoms with E-state index in [1.165, 1.54) is 0 Å². The zero-order chi connectivity index (χ0) is 21.3. The summed E-state index contributed by atoms with van der Waals surface area (Å²) in [6.45, 7) is 5.26. The number of aryl methyl sites for hydroxylation is 1. The molecule has 154 valence electrons. The number of nitrogens with two attached hydrogens (primary N) is 1. The molecule has 2 aromatic rings. The maximum Gasteiger partial charge on any atom is 0.408 e. The van der Waals surface area contributed by atoms with Crippen LogP contribution in [0, 0.1) is 0 Å². The third-order valence-corrected chi connectivity index (χ3v) is 3.79. The fourth-order valence-electron chi connectivity index (χ4n) is 2.44. The number of amidine groups is 1. The van der Waals surface area contributed by atoms with Gasteiger partial charge in [-0.3, -0.25) is 9.78 Å². The fourth-order valence-corrected chi connectivity index (χ4v) is 2.44. The monoisotopic (exact) mass is 397 g/mol. The molecule has 0 saturated carbocycles. The Bertz CT molecular complexity index is 832. The minimum atomic E-state index is -0.842. The normalized spacial score (nSPS) is 12.7. The Balaban J connectivity index is 2.05. The van der Waals surface area contributed by atoms with Crippen molar-refractivity contribution in [1.82, 2.24) is 15.7 Å². The molecular weight excluding hydrogens is 370 g/mol. The van der Waals surface area contributed by atoms with Crippen LogP contribution in [0.15, 0.2) is 59.8 Å². The molecule has 1 aromatic carbocycles. The number of alkyl carbamates (subject to hydrolysis) is 1. The van der Waals surface area contributed by atoms with E-state index in [1.807, 2.05) is 30.3 Å². The lowest BCUT2D eigenvalue weighted by atomic mass is 10.0. The topological polar surface area (TPSA) is 119 Å². The van der Waals surface area contributed by atoms with Crippen LogP contribution in [-0.2, 0) is 16.0 Å². The van der Waals surface area contributed by atoms with E-state index in [0.717, 1.165) is 5.56 Å². The number of ether oxygens (including phenoxy) is 1. The second-order valence-corrected chi connectivity index (χ2v) is 7.41. The van der Waals surface area contributed by atoms with Crippen LogP contribution in [0.5, 0.6) is 0 Å². The SMILES string of the molecule is CC(C)(C)OC(=O)N[C@@H](CCc1ccccc1)C(=O)N/N=C(\N)c1ccccn1. The molecule has 2 rings (SSSR count). The first-order valence-electron chi connectivity index (χ1n) is 9.32. The summed E-state index contributed by atoms with van der Waals surface area (Å²) in [5, 5.41) is 6.50. The van der Waals surface area contributed by atoms with Crippen LogP contribution < -0.4 is 16.5 Å². The van der Waals surface area contributed by atoms with Gasteiger partial charge in [-0.1, -0.05) is 36.4 Å². The van der Waals surface area contributed by atoms with Gasteiger partial charge in [0, 0.05) is 6.20 Å². The van der Waals surface area contributed by atoms with Gasteiger partial charge in [0.25, 0.3) is 5.91 Å². The number of hydrogen-bond donors (Lipinski definition) is 3. The molecule has 0 radical (unpaired) electrons. The number of nitrogens with zero attached hydrogens (tertiary/aromatic N) is 2. The predicted molar refractivity (Wildman–Crippen MR) is 111 cm³/mol. The Labute approximate surface area is 170 Å². The molecule has 8 heteroatoms. The van der Waals surface area contributed by atoms with Crippen LogP contribution in [0.1, 0.15) is 38.4 Å². The summed E-state index contributed by atoms with van der Waals surface area (Å²) in [5.74, 6) is -0.427. The summed E-state index contributed by atoms with van der Waals surface area (Å²) in [7, 11) is 0. The van der Waals surface area contributed by atoms with E-state index in [9.17, 15) is 9.59 Å². The molecule has 2 amide bonds. The molecule has 4 N–H and O–H groups in total. The molecule has 0 aliphatic rings. The first-order chi connectivity index (χ1) is 13.7. The van der Waals surface area contributed by atoms with E-state index < -0.39 is 23.6 Å². The van der Waals surface area contributed by atoms with Gasteiger partial charge in [-0.25, -0.2) is 10.2 Å². The van der Waals surface area contributed by atoms with Crippen molar-refractivity contribution >= 4 is 17.8 Å². The minimum absolute atomic E-state index is 0.0676. The summed E-state index contributed by atoms with van der Waals surface area (Å²) in [6, 6.07) is 14.0. The Morgan fingerprint density at radius 1 is 1.14 bits per heavy atom. The summed E-state index contributed by atoms with van der Waals surface area (Å²) in [4.78, 5) is 28.9. The van der Waals surface area contributed by atoms with Crippen molar-refractivity contribution in [1.29, 1.82) is 0 Å². The van der Waals surface area contributed by atoms with Crippen molar-refractivity contribution in [2.75, 3.05) is 0 Å². The number of pyridine rings is 1. The van der Waals surface area contributed by atoms with Gasteiger partial charge in [0.05, 0.1) is 0 Å². The molecule has 0 aliphatic carbocycles. The summed E-state index contributed by atoms with van der Waals surface area (Å²) in [5.41, 5.74) is 9.07. The number of aromatic nitrogens is 1. The van der Waals surface area contributed by atoms with Crippen LogP contribution in [0.25, 0.3) is 0 Å². The number of hydrazone groups is 1. The van der Waals surface area contributed by atoms with E-state index in [0.29, 0.717) is 18.5 Å². The van der Waals surface area contributed by atoms with Crippen LogP contribution in [0.3, 0.4) is 0 Å². The molecule has 8 nitrogen and oxygen atoms in total. The average Bonchev–Trinajstić information content (AvgIpc) is 2.69. The highest BCUT2D eigenvalue weighted by atomic mass is 16.6. The van der Waals surface area contributed by atoms with Crippen molar-refractivity contribution < 1.29 is 14.3 Å². The zero-order valence-electron chi connectivity index (χ0n) is 16.9. The Kier molecular flexibility index (Phi) is 7.70. The molecule has 0 spiro atoms. The summed E-state index contributed by atoms with van der Waals surface area (Å²) < 4.78 is 5.26. The number of nitrogens with one attached hydrogen (secondary N) is 2. The van der Waals surface area contributed by atoms with Crippen molar-refractivity contribution in [2.45, 2.75) is 45.3 Å². The van der Waals surface area contributed by atoms with Crippen LogP contribution >= 0.6 is 0 Å². The van der Waals surface area contributed by atoms with Gasteiger partial charge in [0.2, 0.25) is 0 Å². The van der Waals surface area contributed by atoms with E-state index in [2.05, 4.69) is 20.8 Å². The van der Waals surface area contributed by atoms with E-state index in [4.69, 9.17) is 10.5 Å². The lowest BCUT2D eigenvalue weighted by Crippen LogP contribution is -2.47. The molecule has 0 unspecified atom stereocenters. The zero-order valence-corrected chi connectivity index (χ0v) is 16.9. The third-order valence-electron chi connectivity index (χ3n) is 3.79. The van der Waals surface area contributed by atoms with E-state index in [-0.39, 0.29) is 5.84 Å². The largest absolute Gasteiger partial charge is 0.444 e. The molecule has 0 bridgehead atoms. The number of amides is 2. The molecule has 1 aromatic heterocycles. The Hall–Kier alpha value is -3.42. The quantitative estimate of drug-likeness (QED) is 0.376. The van der Waals surface area contributed by atoms with Gasteiger partial charge >= 0.3 is 6.09 Å². The number of carbonyl (C=O) groups is 2. The van der Waals surface area contributed by atoms with Crippen molar-refractivity contribution in [3.63, 3.8) is 0 Å². The maximum absolute atomic E-state index is 12.6. The lowest BCUT2D eigenvalue weighted by molar-refractivity contribution is -0.123. The van der Waals surface area contributed by atoms with Crippen LogP contribution in [0.4, 0.5) is 4.79 Å². The van der Waals surface area contributed by atoms with E-state index >= 15 is 0 Å². The number of carbonyl (C=O) groups excluding carboxylic acids is 2. The third kappa shape index (κ3) is 8.00. The average molecular weight is 397 g/mol. The van der Waals surface area contributed by atoms with Crippen molar-refractivity contribution in [3.8, 4) is 0 Å². The fraction of sp³-hybridized carbons (Fsp3) is 0.333. The van der Waals surface area contributed by atoms with Gasteiger partial charge < -0.3 is 15.8 Å². The van der Waals surface area contributed by atoms with E-state index in [1.54, 1.807) is 45.2 Å².